The van der Waals surface area contributed by atoms with Crippen molar-refractivity contribution in [1.29, 1.82) is 0 Å². The fourth-order valence-electron chi connectivity index (χ4n) is 2.78. The van der Waals surface area contributed by atoms with E-state index in [-0.39, 0.29) is 16.9 Å². The van der Waals surface area contributed by atoms with Gasteiger partial charge in [0.05, 0.1) is 14.2 Å². The zero-order chi connectivity index (χ0) is 22.0. The summed E-state index contributed by atoms with van der Waals surface area (Å²) >= 11 is 4.35. The van der Waals surface area contributed by atoms with Gasteiger partial charge in [-0.25, -0.2) is 9.78 Å². The third kappa shape index (κ3) is 4.62. The SMILES string of the molecule is COc1cc(OC)cc(-c2nc(S/C(=C\c3cc4c(cc3Br)OCO4)C(=O)O)n[nH]2)c1. The van der Waals surface area contributed by atoms with Gasteiger partial charge in [0.15, 0.2) is 17.3 Å². The van der Waals surface area contributed by atoms with Crippen LogP contribution in [0.3, 0.4) is 0 Å². The molecule has 0 atom stereocenters. The number of halogens is 1. The van der Waals surface area contributed by atoms with Crippen LogP contribution >= 0.6 is 27.7 Å². The van der Waals surface area contributed by atoms with E-state index in [1.54, 1.807) is 44.6 Å². The molecule has 0 radical (unpaired) electrons. The number of carbonyl (C=O) groups is 1. The summed E-state index contributed by atoms with van der Waals surface area (Å²) in [6.07, 6.45) is 1.52. The average Bonchev–Trinajstić information content (AvgIpc) is 3.42. The van der Waals surface area contributed by atoms with Gasteiger partial charge in [-0.3, -0.25) is 5.10 Å². The highest BCUT2D eigenvalue weighted by atomic mass is 79.9. The summed E-state index contributed by atoms with van der Waals surface area (Å²) < 4.78 is 21.9. The van der Waals surface area contributed by atoms with Crippen molar-refractivity contribution in [3.8, 4) is 34.4 Å². The van der Waals surface area contributed by atoms with Crippen LogP contribution in [0.5, 0.6) is 23.0 Å². The van der Waals surface area contributed by atoms with Crippen molar-refractivity contribution in [3.63, 3.8) is 0 Å². The van der Waals surface area contributed by atoms with Crippen LogP contribution in [0.15, 0.2) is 44.9 Å². The first-order chi connectivity index (χ1) is 15.0. The number of nitrogens with one attached hydrogen (secondary N) is 1. The molecule has 0 amide bonds. The molecule has 11 heteroatoms. The van der Waals surface area contributed by atoms with E-state index in [9.17, 15) is 9.90 Å². The van der Waals surface area contributed by atoms with Gasteiger partial charge in [0.2, 0.25) is 11.9 Å². The van der Waals surface area contributed by atoms with E-state index in [1.165, 1.54) is 6.08 Å². The Labute approximate surface area is 189 Å². The van der Waals surface area contributed by atoms with Crippen molar-refractivity contribution in [3.05, 3.63) is 45.3 Å². The number of hydrogen-bond donors (Lipinski definition) is 2. The van der Waals surface area contributed by atoms with Crippen LogP contribution in [0, 0.1) is 0 Å². The third-order valence-corrected chi connectivity index (χ3v) is 5.84. The number of carboxylic acid groups (broad SMARTS) is 1. The van der Waals surface area contributed by atoms with E-state index >= 15 is 0 Å². The molecule has 4 rings (SSSR count). The second kappa shape index (κ2) is 8.90. The van der Waals surface area contributed by atoms with Gasteiger partial charge in [-0.05, 0) is 47.7 Å². The van der Waals surface area contributed by atoms with Gasteiger partial charge >= 0.3 is 5.97 Å². The number of thioether (sulfide) groups is 1. The standard InChI is InChI=1S/C20H16BrN3O6S/c1-27-12-3-11(4-13(7-12)28-2)18-22-20(24-23-18)31-17(19(25)26)6-10-5-15-16(8-14(10)21)30-9-29-15/h3-8H,9H2,1-2H3,(H,25,26)(H,22,23,24)/b17-6-. The lowest BCUT2D eigenvalue weighted by molar-refractivity contribution is -0.131. The quantitative estimate of drug-likeness (QED) is 0.359. The summed E-state index contributed by atoms with van der Waals surface area (Å²) in [5.41, 5.74) is 1.32. The Hall–Kier alpha value is -3.18. The van der Waals surface area contributed by atoms with Crippen LogP contribution in [0.4, 0.5) is 0 Å². The van der Waals surface area contributed by atoms with Crippen LogP contribution in [-0.4, -0.2) is 47.3 Å². The monoisotopic (exact) mass is 505 g/mol. The van der Waals surface area contributed by atoms with Gasteiger partial charge in [-0.2, -0.15) is 0 Å². The topological polar surface area (TPSA) is 116 Å². The van der Waals surface area contributed by atoms with Crippen LogP contribution in [0.25, 0.3) is 17.5 Å². The third-order valence-electron chi connectivity index (χ3n) is 4.28. The second-order valence-electron chi connectivity index (χ2n) is 6.21. The van der Waals surface area contributed by atoms with Gasteiger partial charge in [0, 0.05) is 16.1 Å². The highest BCUT2D eigenvalue weighted by Gasteiger charge is 2.19. The minimum absolute atomic E-state index is 0.0355. The molecule has 1 aromatic heterocycles. The molecular weight excluding hydrogens is 490 g/mol. The molecule has 2 N–H and O–H groups in total. The Morgan fingerprint density at radius 1 is 1.16 bits per heavy atom. The molecule has 160 valence electrons. The summed E-state index contributed by atoms with van der Waals surface area (Å²) in [7, 11) is 3.11. The normalized spacial score (nSPS) is 12.7. The molecule has 0 saturated heterocycles. The summed E-state index contributed by atoms with van der Waals surface area (Å²) in [6, 6.07) is 8.73. The number of methoxy groups -OCH3 is 2. The number of aromatic nitrogens is 3. The van der Waals surface area contributed by atoms with Gasteiger partial charge in [0.1, 0.15) is 16.4 Å². The molecule has 9 nitrogen and oxygen atoms in total. The van der Waals surface area contributed by atoms with E-state index in [4.69, 9.17) is 18.9 Å². The Balaban J connectivity index is 1.62. The molecule has 0 bridgehead atoms. The molecule has 1 aliphatic heterocycles. The highest BCUT2D eigenvalue weighted by Crippen LogP contribution is 2.39. The molecule has 2 heterocycles. The summed E-state index contributed by atoms with van der Waals surface area (Å²) in [6.45, 7) is 0.129. The fourth-order valence-corrected chi connectivity index (χ4v) is 3.92. The predicted molar refractivity (Wildman–Crippen MR) is 117 cm³/mol. The maximum Gasteiger partial charge on any atom is 0.342 e. The Morgan fingerprint density at radius 3 is 2.48 bits per heavy atom. The molecule has 0 saturated carbocycles. The van der Waals surface area contributed by atoms with Crippen LogP contribution < -0.4 is 18.9 Å². The van der Waals surface area contributed by atoms with Crippen molar-refractivity contribution in [2.24, 2.45) is 0 Å². The van der Waals surface area contributed by atoms with E-state index in [0.29, 0.717) is 44.4 Å². The first kappa shape index (κ1) is 21.1. The van der Waals surface area contributed by atoms with Crippen molar-refractivity contribution < 1.29 is 28.8 Å². The van der Waals surface area contributed by atoms with Crippen molar-refractivity contribution in [2.45, 2.75) is 5.16 Å². The van der Waals surface area contributed by atoms with Gasteiger partial charge in [-0.15, -0.1) is 5.10 Å². The van der Waals surface area contributed by atoms with Crippen molar-refractivity contribution in [2.75, 3.05) is 21.0 Å². The number of aromatic amines is 1. The minimum atomic E-state index is -1.11. The van der Waals surface area contributed by atoms with Crippen LogP contribution in [0.2, 0.25) is 0 Å². The zero-order valence-corrected chi connectivity index (χ0v) is 18.7. The molecular formula is C20H16BrN3O6S. The molecule has 0 fully saturated rings. The van der Waals surface area contributed by atoms with Gasteiger partial charge < -0.3 is 24.1 Å². The summed E-state index contributed by atoms with van der Waals surface area (Å²) in [5.74, 6) is 1.69. The predicted octanol–water partition coefficient (Wildman–Crippen LogP) is 4.20. The smallest absolute Gasteiger partial charge is 0.342 e. The lowest BCUT2D eigenvalue weighted by Crippen LogP contribution is -1.97. The van der Waals surface area contributed by atoms with Crippen molar-refractivity contribution in [1.82, 2.24) is 15.2 Å². The average molecular weight is 506 g/mol. The molecule has 0 unspecified atom stereocenters. The number of ether oxygens (including phenoxy) is 4. The largest absolute Gasteiger partial charge is 0.497 e. The number of carboxylic acids is 1. The summed E-state index contributed by atoms with van der Waals surface area (Å²) in [5, 5.41) is 16.9. The number of hydrogen-bond acceptors (Lipinski definition) is 8. The van der Waals surface area contributed by atoms with E-state index in [0.717, 1.165) is 11.8 Å². The second-order valence-corrected chi connectivity index (χ2v) is 8.07. The maximum atomic E-state index is 11.8. The van der Waals surface area contributed by atoms with Crippen LogP contribution in [0.1, 0.15) is 5.56 Å². The number of aliphatic carboxylic acids is 1. The zero-order valence-electron chi connectivity index (χ0n) is 16.3. The van der Waals surface area contributed by atoms with Crippen LogP contribution in [-0.2, 0) is 4.79 Å². The van der Waals surface area contributed by atoms with Gasteiger partial charge in [0.25, 0.3) is 0 Å². The first-order valence-corrected chi connectivity index (χ1v) is 10.5. The molecule has 2 aromatic carbocycles. The number of H-pyrrole nitrogens is 1. The Bertz CT molecular complexity index is 1160. The molecule has 0 aliphatic carbocycles. The Kier molecular flexibility index (Phi) is 6.05. The van der Waals surface area contributed by atoms with Gasteiger partial charge in [-0.1, -0.05) is 15.9 Å². The molecule has 1 aliphatic rings. The fraction of sp³-hybridized carbons (Fsp3) is 0.150. The van der Waals surface area contributed by atoms with E-state index in [1.807, 2.05) is 0 Å². The molecule has 3 aromatic rings. The van der Waals surface area contributed by atoms with Crippen molar-refractivity contribution >= 4 is 39.7 Å². The highest BCUT2D eigenvalue weighted by molar-refractivity contribution is 9.10. The summed E-state index contributed by atoms with van der Waals surface area (Å²) in [4.78, 5) is 16.3. The number of benzene rings is 2. The number of rotatable bonds is 7. The first-order valence-electron chi connectivity index (χ1n) is 8.84. The minimum Gasteiger partial charge on any atom is -0.497 e. The molecule has 0 spiro atoms. The lowest BCUT2D eigenvalue weighted by Gasteiger charge is -2.06. The number of nitrogens with zero attached hydrogens (tertiary/aromatic N) is 2. The lowest BCUT2D eigenvalue weighted by atomic mass is 10.2. The maximum absolute atomic E-state index is 11.8. The van der Waals surface area contributed by atoms with E-state index < -0.39 is 5.97 Å². The number of fused-ring (bicyclic) bond motifs is 1. The molecule has 31 heavy (non-hydrogen) atoms. The Morgan fingerprint density at radius 2 is 1.84 bits per heavy atom. The van der Waals surface area contributed by atoms with E-state index in [2.05, 4.69) is 31.1 Å².